The van der Waals surface area contributed by atoms with E-state index in [-0.39, 0.29) is 6.54 Å². The zero-order valence-corrected chi connectivity index (χ0v) is 14.1. The highest BCUT2D eigenvalue weighted by Gasteiger charge is 2.16. The molecule has 0 fully saturated rings. The van der Waals surface area contributed by atoms with Crippen molar-refractivity contribution in [3.63, 3.8) is 0 Å². The van der Waals surface area contributed by atoms with E-state index in [9.17, 15) is 19.7 Å². The minimum atomic E-state index is -0.841. The van der Waals surface area contributed by atoms with E-state index in [4.69, 9.17) is 4.74 Å². The molecule has 1 heterocycles. The maximum absolute atomic E-state index is 12.3. The van der Waals surface area contributed by atoms with Gasteiger partial charge in [0.05, 0.1) is 10.6 Å². The van der Waals surface area contributed by atoms with Crippen LogP contribution in [0, 0.1) is 10.1 Å². The molecule has 0 unspecified atom stereocenters. The topological polar surface area (TPSA) is 103 Å². The molecule has 3 rings (SSSR count). The zero-order valence-electron chi connectivity index (χ0n) is 14.1. The Morgan fingerprint density at radius 1 is 1.04 bits per heavy atom. The van der Waals surface area contributed by atoms with Crippen LogP contribution in [0.2, 0.25) is 0 Å². The first kappa shape index (κ1) is 17.9. The predicted octanol–water partition coefficient (Wildman–Crippen LogP) is 3.19. The fourth-order valence-corrected chi connectivity index (χ4v) is 2.41. The van der Waals surface area contributed by atoms with Crippen LogP contribution in [-0.4, -0.2) is 15.4 Å². The molecular weight excluding hydrogens is 350 g/mol. The minimum Gasteiger partial charge on any atom is -0.455 e. The second-order valence-corrected chi connectivity index (χ2v) is 5.54. The second-order valence-electron chi connectivity index (χ2n) is 5.54. The number of ether oxygens (including phenoxy) is 1. The molecule has 2 aromatic carbocycles. The number of nitrogens with zero attached hydrogens (tertiary/aromatic N) is 2. The number of carbonyl (C=O) groups is 1. The van der Waals surface area contributed by atoms with Gasteiger partial charge in [-0.05, 0) is 30.3 Å². The number of carbonyl (C=O) groups excluding carboxylic acids is 1. The van der Waals surface area contributed by atoms with Crippen LogP contribution in [0.25, 0.3) is 0 Å². The lowest BCUT2D eigenvalue weighted by atomic mass is 10.2. The molecule has 8 heteroatoms. The lowest BCUT2D eigenvalue weighted by Crippen LogP contribution is -2.28. The summed E-state index contributed by atoms with van der Waals surface area (Å²) >= 11 is 0. The highest BCUT2D eigenvalue weighted by molar-refractivity contribution is 5.92. The van der Waals surface area contributed by atoms with E-state index in [1.54, 1.807) is 36.4 Å². The molecule has 3 aromatic rings. The first-order valence-electron chi connectivity index (χ1n) is 8.00. The zero-order chi connectivity index (χ0) is 19.2. The molecule has 0 spiro atoms. The summed E-state index contributed by atoms with van der Waals surface area (Å²) in [5.41, 5.74) is -1.01. The number of aromatic nitrogens is 1. The Morgan fingerprint density at radius 3 is 2.48 bits per heavy atom. The number of rotatable bonds is 6. The molecule has 0 bridgehead atoms. The van der Waals surface area contributed by atoms with Crippen LogP contribution in [0.3, 0.4) is 0 Å². The van der Waals surface area contributed by atoms with Gasteiger partial charge >= 0.3 is 11.2 Å². The monoisotopic (exact) mass is 365 g/mol. The van der Waals surface area contributed by atoms with E-state index >= 15 is 0 Å². The van der Waals surface area contributed by atoms with Gasteiger partial charge in [-0.1, -0.05) is 30.3 Å². The van der Waals surface area contributed by atoms with Gasteiger partial charge in [0.25, 0.3) is 0 Å². The average molecular weight is 365 g/mol. The van der Waals surface area contributed by atoms with E-state index in [1.807, 2.05) is 18.2 Å². The standard InChI is InChI=1S/C19H15N3O5/c23-18(13-21-12-6-10-16(19(21)24)22(25)26)20-15-9-4-5-11-17(15)27-14-7-2-1-3-8-14/h1-12H,13H2,(H,20,23). The lowest BCUT2D eigenvalue weighted by molar-refractivity contribution is -0.386. The number of anilines is 1. The molecule has 0 saturated carbocycles. The Labute approximate surface area is 153 Å². The lowest BCUT2D eigenvalue weighted by Gasteiger charge is -2.12. The van der Waals surface area contributed by atoms with Crippen LogP contribution < -0.4 is 15.6 Å². The molecule has 8 nitrogen and oxygen atoms in total. The van der Waals surface area contributed by atoms with E-state index in [0.29, 0.717) is 17.2 Å². The quantitative estimate of drug-likeness (QED) is 0.534. The maximum atomic E-state index is 12.3. The van der Waals surface area contributed by atoms with Gasteiger partial charge in [0.1, 0.15) is 12.3 Å². The summed E-state index contributed by atoms with van der Waals surface area (Å²) in [7, 11) is 0. The van der Waals surface area contributed by atoms with Crippen LogP contribution in [0.5, 0.6) is 11.5 Å². The number of nitrogens with one attached hydrogen (secondary N) is 1. The van der Waals surface area contributed by atoms with Crippen molar-refractivity contribution in [2.75, 3.05) is 5.32 Å². The Balaban J connectivity index is 1.77. The van der Waals surface area contributed by atoms with E-state index < -0.39 is 22.1 Å². The second kappa shape index (κ2) is 7.96. The summed E-state index contributed by atoms with van der Waals surface area (Å²) in [5.74, 6) is 0.527. The third-order valence-electron chi connectivity index (χ3n) is 3.64. The van der Waals surface area contributed by atoms with Crippen LogP contribution >= 0.6 is 0 Å². The van der Waals surface area contributed by atoms with Crippen molar-refractivity contribution in [1.29, 1.82) is 0 Å². The van der Waals surface area contributed by atoms with Gasteiger partial charge in [-0.15, -0.1) is 0 Å². The molecule has 136 valence electrons. The third-order valence-corrected chi connectivity index (χ3v) is 3.64. The summed E-state index contributed by atoms with van der Waals surface area (Å²) in [6, 6.07) is 18.4. The SMILES string of the molecule is O=C(Cn1cccc([N+](=O)[O-])c1=O)Nc1ccccc1Oc1ccccc1. The van der Waals surface area contributed by atoms with Gasteiger partial charge in [-0.25, -0.2) is 0 Å². The van der Waals surface area contributed by atoms with Crippen molar-refractivity contribution in [1.82, 2.24) is 4.57 Å². The smallest absolute Gasteiger partial charge is 0.334 e. The Bertz CT molecular complexity index is 1030. The number of nitro groups is 1. The number of amides is 1. The van der Waals surface area contributed by atoms with Crippen LogP contribution in [0.15, 0.2) is 77.7 Å². The molecular formula is C19H15N3O5. The van der Waals surface area contributed by atoms with Crippen molar-refractivity contribution in [3.8, 4) is 11.5 Å². The summed E-state index contributed by atoms with van der Waals surface area (Å²) in [5, 5.41) is 13.5. The molecule has 27 heavy (non-hydrogen) atoms. The Kier molecular flexibility index (Phi) is 5.27. The number of hydrogen-bond acceptors (Lipinski definition) is 5. The summed E-state index contributed by atoms with van der Waals surface area (Å²) in [6.07, 6.45) is 1.32. The summed E-state index contributed by atoms with van der Waals surface area (Å²) < 4.78 is 6.74. The molecule has 1 amide bonds. The molecule has 0 aliphatic carbocycles. The van der Waals surface area contributed by atoms with Crippen molar-refractivity contribution in [3.05, 3.63) is 93.4 Å². The Hall–Kier alpha value is -3.94. The van der Waals surface area contributed by atoms with Crippen molar-refractivity contribution in [2.45, 2.75) is 6.54 Å². The fourth-order valence-electron chi connectivity index (χ4n) is 2.41. The van der Waals surface area contributed by atoms with Gasteiger partial charge in [0.15, 0.2) is 5.75 Å². The van der Waals surface area contributed by atoms with Crippen LogP contribution in [0.1, 0.15) is 0 Å². The van der Waals surface area contributed by atoms with Gasteiger partial charge in [-0.2, -0.15) is 0 Å². The molecule has 0 aliphatic rings. The molecule has 0 aliphatic heterocycles. The largest absolute Gasteiger partial charge is 0.455 e. The summed E-state index contributed by atoms with van der Waals surface area (Å²) in [4.78, 5) is 34.4. The first-order valence-corrected chi connectivity index (χ1v) is 8.00. The number of benzene rings is 2. The van der Waals surface area contributed by atoms with Crippen LogP contribution in [0.4, 0.5) is 11.4 Å². The number of pyridine rings is 1. The van der Waals surface area contributed by atoms with Crippen LogP contribution in [-0.2, 0) is 11.3 Å². The van der Waals surface area contributed by atoms with Crippen molar-refractivity contribution >= 4 is 17.3 Å². The van der Waals surface area contributed by atoms with Gasteiger partial charge in [0, 0.05) is 12.3 Å². The third kappa shape index (κ3) is 4.37. The normalized spacial score (nSPS) is 10.2. The predicted molar refractivity (Wildman–Crippen MR) is 98.9 cm³/mol. The van der Waals surface area contributed by atoms with Crippen molar-refractivity contribution < 1.29 is 14.5 Å². The highest BCUT2D eigenvalue weighted by Crippen LogP contribution is 2.29. The molecule has 1 N–H and O–H groups in total. The van der Waals surface area contributed by atoms with Gasteiger partial charge < -0.3 is 14.6 Å². The van der Waals surface area contributed by atoms with E-state index in [1.165, 1.54) is 12.3 Å². The highest BCUT2D eigenvalue weighted by atomic mass is 16.6. The number of para-hydroxylation sites is 3. The molecule has 0 atom stereocenters. The molecule has 1 aromatic heterocycles. The van der Waals surface area contributed by atoms with E-state index in [0.717, 1.165) is 10.6 Å². The van der Waals surface area contributed by atoms with Crippen molar-refractivity contribution in [2.24, 2.45) is 0 Å². The maximum Gasteiger partial charge on any atom is 0.334 e. The average Bonchev–Trinajstić information content (AvgIpc) is 2.65. The summed E-state index contributed by atoms with van der Waals surface area (Å²) in [6.45, 7) is -0.361. The van der Waals surface area contributed by atoms with Gasteiger partial charge in [-0.3, -0.25) is 19.7 Å². The first-order chi connectivity index (χ1) is 13.0. The van der Waals surface area contributed by atoms with E-state index in [2.05, 4.69) is 5.32 Å². The number of hydrogen-bond donors (Lipinski definition) is 1. The minimum absolute atomic E-state index is 0.361. The Morgan fingerprint density at radius 2 is 1.74 bits per heavy atom. The fraction of sp³-hybridized carbons (Fsp3) is 0.0526. The molecule has 0 radical (unpaired) electrons. The van der Waals surface area contributed by atoms with Gasteiger partial charge in [0.2, 0.25) is 5.91 Å². The molecule has 0 saturated heterocycles.